The van der Waals surface area contributed by atoms with Crippen LogP contribution in [0.4, 0.5) is 0 Å². The van der Waals surface area contributed by atoms with Crippen LogP contribution in [-0.4, -0.2) is 134 Å². The van der Waals surface area contributed by atoms with E-state index in [0.29, 0.717) is 0 Å². The Morgan fingerprint density at radius 3 is 1.79 bits per heavy atom. The Morgan fingerprint density at radius 2 is 1.07 bits per heavy atom. The van der Waals surface area contributed by atoms with Gasteiger partial charge in [0.05, 0.1) is 19.8 Å². The molecule has 3 aliphatic heterocycles. The predicted molar refractivity (Wildman–Crippen MR) is 83.2 cm³/mol. The van der Waals surface area contributed by atoms with Gasteiger partial charge in [0.15, 0.2) is 18.9 Å². The molecule has 0 aromatic heterocycles. The standard InChI is InChI=1S/C15H26O13/c16-4-2-25-14(10(21)7(4)18)27-6-3-26-15(11(22)9(6)20)28-12-8(19)5(17)1-24-13(12)23/h4-23H,1-3H2/t4-,5-,6-,7+,8+,9+,10-,11-,12-,13-,14-,15+/m1/s1. The summed E-state index contributed by atoms with van der Waals surface area (Å²) in [4.78, 5) is 0. The van der Waals surface area contributed by atoms with Gasteiger partial charge in [0.2, 0.25) is 0 Å². The first-order valence-electron chi connectivity index (χ1n) is 8.81. The summed E-state index contributed by atoms with van der Waals surface area (Å²) in [5.74, 6) is 0. The van der Waals surface area contributed by atoms with Gasteiger partial charge in [0.25, 0.3) is 0 Å². The third-order valence-corrected chi connectivity index (χ3v) is 4.94. The smallest absolute Gasteiger partial charge is 0.186 e. The molecule has 164 valence electrons. The highest BCUT2D eigenvalue weighted by Crippen LogP contribution is 2.27. The van der Waals surface area contributed by atoms with Gasteiger partial charge in [0.1, 0.15) is 54.9 Å². The van der Waals surface area contributed by atoms with Crippen LogP contribution in [-0.2, 0) is 23.7 Å². The SMILES string of the molecule is O[C@@H]1[C@@H](O)[C@@H](O[C@@H]2CO[C@@H](O[C@@H]3[C@@H](O)[C@H](O)CO[C@H]3O)[C@H](O)[C@H]2O)OC[C@H]1O. The highest BCUT2D eigenvalue weighted by molar-refractivity contribution is 4.90. The molecule has 13 heteroatoms. The van der Waals surface area contributed by atoms with Crippen LogP contribution in [0.3, 0.4) is 0 Å². The summed E-state index contributed by atoms with van der Waals surface area (Å²) in [6.45, 7) is -0.948. The fourth-order valence-electron chi connectivity index (χ4n) is 3.16. The lowest BCUT2D eigenvalue weighted by atomic mass is 10.0. The van der Waals surface area contributed by atoms with Crippen LogP contribution in [0.2, 0.25) is 0 Å². The van der Waals surface area contributed by atoms with Crippen LogP contribution in [0, 0.1) is 0 Å². The molecule has 0 aromatic rings. The van der Waals surface area contributed by atoms with E-state index in [-0.39, 0.29) is 19.8 Å². The molecule has 8 N–H and O–H groups in total. The second kappa shape index (κ2) is 9.09. The zero-order chi connectivity index (χ0) is 20.6. The Balaban J connectivity index is 1.57. The molecule has 3 rings (SSSR count). The summed E-state index contributed by atoms with van der Waals surface area (Å²) in [6, 6.07) is 0. The maximum atomic E-state index is 10.3. The molecule has 0 radical (unpaired) electrons. The Morgan fingerprint density at radius 1 is 0.536 bits per heavy atom. The molecular formula is C15H26O13. The monoisotopic (exact) mass is 414 g/mol. The number of ether oxygens (including phenoxy) is 5. The third kappa shape index (κ3) is 4.46. The van der Waals surface area contributed by atoms with E-state index >= 15 is 0 Å². The van der Waals surface area contributed by atoms with Gasteiger partial charge in [-0.2, -0.15) is 0 Å². The molecule has 3 fully saturated rings. The second-order valence-corrected chi connectivity index (χ2v) is 6.99. The largest absolute Gasteiger partial charge is 0.388 e. The lowest BCUT2D eigenvalue weighted by molar-refractivity contribution is -0.354. The van der Waals surface area contributed by atoms with Gasteiger partial charge in [-0.1, -0.05) is 0 Å². The van der Waals surface area contributed by atoms with Gasteiger partial charge in [-0.15, -0.1) is 0 Å². The Bertz CT molecular complexity index is 508. The lowest BCUT2D eigenvalue weighted by Gasteiger charge is -2.43. The van der Waals surface area contributed by atoms with Crippen LogP contribution in [0.15, 0.2) is 0 Å². The van der Waals surface area contributed by atoms with Crippen LogP contribution in [0.5, 0.6) is 0 Å². The molecule has 0 amide bonds. The normalized spacial score (nSPS) is 53.1. The van der Waals surface area contributed by atoms with Crippen molar-refractivity contribution in [3.8, 4) is 0 Å². The highest BCUT2D eigenvalue weighted by Gasteiger charge is 2.48. The van der Waals surface area contributed by atoms with Crippen molar-refractivity contribution in [3.63, 3.8) is 0 Å². The Kier molecular flexibility index (Phi) is 7.20. The number of rotatable bonds is 4. The van der Waals surface area contributed by atoms with Crippen LogP contribution in [0.1, 0.15) is 0 Å². The van der Waals surface area contributed by atoms with Gasteiger partial charge in [-0.25, -0.2) is 0 Å². The topological polar surface area (TPSA) is 208 Å². The molecule has 0 aromatic carbocycles. The minimum absolute atomic E-state index is 0.305. The van der Waals surface area contributed by atoms with Gasteiger partial charge >= 0.3 is 0 Å². The fraction of sp³-hybridized carbons (Fsp3) is 1.00. The summed E-state index contributed by atoms with van der Waals surface area (Å²) in [5.41, 5.74) is 0. The fourth-order valence-corrected chi connectivity index (χ4v) is 3.16. The first-order chi connectivity index (χ1) is 13.2. The molecular weight excluding hydrogens is 388 g/mol. The van der Waals surface area contributed by atoms with E-state index in [1.165, 1.54) is 0 Å². The summed E-state index contributed by atoms with van der Waals surface area (Å²) in [5, 5.41) is 78.7. The summed E-state index contributed by atoms with van der Waals surface area (Å²) >= 11 is 0. The maximum absolute atomic E-state index is 10.3. The lowest BCUT2D eigenvalue weighted by Crippen LogP contribution is -2.62. The molecule has 0 aliphatic carbocycles. The Labute approximate surface area is 159 Å². The second-order valence-electron chi connectivity index (χ2n) is 6.99. The molecule has 0 saturated carbocycles. The van der Waals surface area contributed by atoms with E-state index in [9.17, 15) is 40.9 Å². The van der Waals surface area contributed by atoms with Gasteiger partial charge < -0.3 is 64.5 Å². The first-order valence-corrected chi connectivity index (χ1v) is 8.81. The maximum Gasteiger partial charge on any atom is 0.186 e. The molecule has 13 nitrogen and oxygen atoms in total. The van der Waals surface area contributed by atoms with Crippen LogP contribution in [0.25, 0.3) is 0 Å². The van der Waals surface area contributed by atoms with Crippen molar-refractivity contribution >= 4 is 0 Å². The molecule has 0 spiro atoms. The number of aliphatic hydroxyl groups is 8. The van der Waals surface area contributed by atoms with Crippen molar-refractivity contribution < 1.29 is 64.5 Å². The molecule has 12 atom stereocenters. The van der Waals surface area contributed by atoms with Crippen molar-refractivity contribution in [1.82, 2.24) is 0 Å². The average molecular weight is 414 g/mol. The van der Waals surface area contributed by atoms with E-state index in [1.54, 1.807) is 0 Å². The zero-order valence-electron chi connectivity index (χ0n) is 14.7. The van der Waals surface area contributed by atoms with Gasteiger partial charge in [0, 0.05) is 0 Å². The summed E-state index contributed by atoms with van der Waals surface area (Å²) in [6.07, 6.45) is -17.6. The number of hydrogen-bond acceptors (Lipinski definition) is 13. The molecule has 3 heterocycles. The average Bonchev–Trinajstić information content (AvgIpc) is 2.67. The summed E-state index contributed by atoms with van der Waals surface area (Å²) in [7, 11) is 0. The van der Waals surface area contributed by atoms with Crippen molar-refractivity contribution in [2.24, 2.45) is 0 Å². The predicted octanol–water partition coefficient (Wildman–Crippen LogP) is -5.66. The molecule has 3 saturated heterocycles. The minimum atomic E-state index is -1.69. The van der Waals surface area contributed by atoms with E-state index < -0.39 is 73.8 Å². The number of aliphatic hydroxyl groups excluding tert-OH is 8. The van der Waals surface area contributed by atoms with Crippen molar-refractivity contribution in [2.45, 2.75) is 73.8 Å². The van der Waals surface area contributed by atoms with E-state index in [2.05, 4.69) is 0 Å². The minimum Gasteiger partial charge on any atom is -0.388 e. The first kappa shape index (κ1) is 22.2. The van der Waals surface area contributed by atoms with E-state index in [4.69, 9.17) is 23.7 Å². The highest BCUT2D eigenvalue weighted by atomic mass is 16.7. The van der Waals surface area contributed by atoms with Gasteiger partial charge in [-0.3, -0.25) is 0 Å². The van der Waals surface area contributed by atoms with Crippen molar-refractivity contribution in [3.05, 3.63) is 0 Å². The number of hydrogen-bond donors (Lipinski definition) is 8. The van der Waals surface area contributed by atoms with Crippen LogP contribution >= 0.6 is 0 Å². The van der Waals surface area contributed by atoms with Crippen LogP contribution < -0.4 is 0 Å². The Hall–Kier alpha value is -0.520. The van der Waals surface area contributed by atoms with E-state index in [1.807, 2.05) is 0 Å². The van der Waals surface area contributed by atoms with E-state index in [0.717, 1.165) is 0 Å². The molecule has 0 unspecified atom stereocenters. The molecule has 28 heavy (non-hydrogen) atoms. The third-order valence-electron chi connectivity index (χ3n) is 4.94. The quantitative estimate of drug-likeness (QED) is 0.216. The molecule has 0 bridgehead atoms. The molecule has 3 aliphatic rings. The van der Waals surface area contributed by atoms with Crippen molar-refractivity contribution in [1.29, 1.82) is 0 Å². The van der Waals surface area contributed by atoms with Gasteiger partial charge in [-0.05, 0) is 0 Å². The summed E-state index contributed by atoms with van der Waals surface area (Å²) < 4.78 is 25.8. The zero-order valence-corrected chi connectivity index (χ0v) is 14.7. The van der Waals surface area contributed by atoms with Crippen molar-refractivity contribution in [2.75, 3.05) is 19.8 Å².